The molecule has 0 radical (unpaired) electrons. The van der Waals surface area contributed by atoms with Crippen LogP contribution in [-0.2, 0) is 0 Å². The number of amides is 1. The summed E-state index contributed by atoms with van der Waals surface area (Å²) in [5.41, 5.74) is 4.10. The molecule has 4 aromatic rings. The van der Waals surface area contributed by atoms with Gasteiger partial charge in [0.2, 0.25) is 0 Å². The lowest BCUT2D eigenvalue weighted by Crippen LogP contribution is -2.41. The van der Waals surface area contributed by atoms with E-state index in [1.54, 1.807) is 17.0 Å². The minimum Gasteiger partial charge on any atom is -0.440 e. The van der Waals surface area contributed by atoms with Gasteiger partial charge in [-0.1, -0.05) is 35.9 Å². The van der Waals surface area contributed by atoms with Crippen molar-refractivity contribution in [2.45, 2.75) is 25.7 Å². The van der Waals surface area contributed by atoms with E-state index in [-0.39, 0.29) is 22.9 Å². The van der Waals surface area contributed by atoms with Crippen LogP contribution in [0.15, 0.2) is 69.9 Å². The molecule has 0 bridgehead atoms. The van der Waals surface area contributed by atoms with Gasteiger partial charge in [0, 0.05) is 18.8 Å². The molecule has 1 fully saturated rings. The molecule has 2 aromatic carbocycles. The molecule has 1 amide bonds. The van der Waals surface area contributed by atoms with Crippen molar-refractivity contribution < 1.29 is 9.21 Å². The van der Waals surface area contributed by atoms with Gasteiger partial charge in [-0.25, -0.2) is 4.98 Å². The van der Waals surface area contributed by atoms with Crippen molar-refractivity contribution in [2.24, 2.45) is 0 Å². The highest BCUT2D eigenvalue weighted by Crippen LogP contribution is 2.29. The van der Waals surface area contributed by atoms with Crippen LogP contribution in [0.25, 0.3) is 22.4 Å². The zero-order valence-corrected chi connectivity index (χ0v) is 17.3. The zero-order chi connectivity index (χ0) is 21.4. The van der Waals surface area contributed by atoms with Gasteiger partial charge in [0.25, 0.3) is 11.5 Å². The largest absolute Gasteiger partial charge is 0.440 e. The Morgan fingerprint density at radius 2 is 2.00 bits per heavy atom. The fraction of sp³-hybridized carbons (Fsp3) is 0.240. The minimum absolute atomic E-state index is 0.0238. The number of hydrogen-bond donors (Lipinski definition) is 1. The molecular weight excluding hydrogens is 390 g/mol. The average Bonchev–Trinajstić information content (AvgIpc) is 3.23. The summed E-state index contributed by atoms with van der Waals surface area (Å²) >= 11 is 0. The maximum Gasteiger partial charge on any atom is 0.261 e. The summed E-state index contributed by atoms with van der Waals surface area (Å²) < 4.78 is 5.92. The number of benzene rings is 2. The van der Waals surface area contributed by atoms with E-state index in [4.69, 9.17) is 4.42 Å². The van der Waals surface area contributed by atoms with Crippen LogP contribution in [0.2, 0.25) is 0 Å². The predicted octanol–water partition coefficient (Wildman–Crippen LogP) is 4.51. The van der Waals surface area contributed by atoms with Crippen molar-refractivity contribution in [2.75, 3.05) is 13.1 Å². The number of carbonyl (C=O) groups excluding carboxylic acids is 1. The van der Waals surface area contributed by atoms with Crippen molar-refractivity contribution in [1.82, 2.24) is 14.9 Å². The van der Waals surface area contributed by atoms with Crippen molar-refractivity contribution in [1.29, 1.82) is 0 Å². The number of nitrogens with one attached hydrogen (secondary N) is 1. The fourth-order valence-electron chi connectivity index (χ4n) is 4.22. The lowest BCUT2D eigenvalue weighted by Gasteiger charge is -2.31. The summed E-state index contributed by atoms with van der Waals surface area (Å²) in [6, 6.07) is 19.0. The molecule has 2 aromatic heterocycles. The second-order valence-electron chi connectivity index (χ2n) is 8.09. The van der Waals surface area contributed by atoms with Gasteiger partial charge in [-0.3, -0.25) is 9.59 Å². The molecule has 0 saturated carbocycles. The van der Waals surface area contributed by atoms with E-state index in [0.29, 0.717) is 24.7 Å². The summed E-state index contributed by atoms with van der Waals surface area (Å²) in [6.45, 7) is 3.11. The molecule has 1 N–H and O–H groups in total. The van der Waals surface area contributed by atoms with Crippen LogP contribution >= 0.6 is 0 Å². The zero-order valence-electron chi connectivity index (χ0n) is 17.3. The Kier molecular flexibility index (Phi) is 4.90. The van der Waals surface area contributed by atoms with Crippen molar-refractivity contribution in [3.8, 4) is 11.3 Å². The third-order valence-electron chi connectivity index (χ3n) is 5.84. The Bertz CT molecular complexity index is 1290. The Balaban J connectivity index is 1.37. The van der Waals surface area contributed by atoms with Gasteiger partial charge in [0.1, 0.15) is 11.1 Å². The van der Waals surface area contributed by atoms with Crippen LogP contribution in [-0.4, -0.2) is 33.9 Å². The summed E-state index contributed by atoms with van der Waals surface area (Å²) in [4.78, 5) is 35.0. The van der Waals surface area contributed by atoms with Gasteiger partial charge in [-0.05, 0) is 55.7 Å². The molecule has 3 heterocycles. The van der Waals surface area contributed by atoms with Crippen molar-refractivity contribution in [3.05, 3.63) is 88.0 Å². The first-order chi connectivity index (χ1) is 15.1. The number of aromatic nitrogens is 2. The number of para-hydroxylation sites is 2. The molecule has 6 nitrogen and oxygen atoms in total. The van der Waals surface area contributed by atoms with Gasteiger partial charge in [-0.2, -0.15) is 0 Å². The van der Waals surface area contributed by atoms with E-state index >= 15 is 0 Å². The number of aromatic amines is 1. The Labute approximate surface area is 179 Å². The predicted molar refractivity (Wildman–Crippen MR) is 119 cm³/mol. The van der Waals surface area contributed by atoms with Gasteiger partial charge in [-0.15, -0.1) is 0 Å². The normalized spacial score (nSPS) is 16.5. The maximum absolute atomic E-state index is 13.1. The van der Waals surface area contributed by atoms with Crippen molar-refractivity contribution >= 4 is 17.0 Å². The van der Waals surface area contributed by atoms with E-state index < -0.39 is 0 Å². The second-order valence-corrected chi connectivity index (χ2v) is 8.09. The molecule has 31 heavy (non-hydrogen) atoms. The topological polar surface area (TPSA) is 79.2 Å². The summed E-state index contributed by atoms with van der Waals surface area (Å²) in [7, 11) is 0. The number of aryl methyl sites for hydroxylation is 1. The first-order valence-corrected chi connectivity index (χ1v) is 10.5. The highest BCUT2D eigenvalue weighted by molar-refractivity contribution is 5.94. The molecule has 5 rings (SSSR count). The first-order valence-electron chi connectivity index (χ1n) is 10.5. The smallest absolute Gasteiger partial charge is 0.261 e. The standard InChI is InChI=1S/C25H23N3O3/c1-16-6-4-7-17(14-16)20-12-11-19(23(29)26-20)25(30)28-13-5-8-18(15-28)24-27-21-9-2-3-10-22(21)31-24/h2-4,6-7,9-12,14,18H,5,8,13,15H2,1H3,(H,26,29). The van der Waals surface area contributed by atoms with Gasteiger partial charge >= 0.3 is 0 Å². The number of carbonyl (C=O) groups is 1. The van der Waals surface area contributed by atoms with Crippen LogP contribution in [0.5, 0.6) is 0 Å². The maximum atomic E-state index is 13.1. The van der Waals surface area contributed by atoms with Crippen LogP contribution in [0, 0.1) is 6.92 Å². The average molecular weight is 413 g/mol. The highest BCUT2D eigenvalue weighted by Gasteiger charge is 2.29. The van der Waals surface area contributed by atoms with Crippen molar-refractivity contribution in [3.63, 3.8) is 0 Å². The van der Waals surface area contributed by atoms with Crippen LogP contribution in [0.4, 0.5) is 0 Å². The van der Waals surface area contributed by atoms with Crippen LogP contribution < -0.4 is 5.56 Å². The molecule has 0 spiro atoms. The highest BCUT2D eigenvalue weighted by atomic mass is 16.3. The van der Waals surface area contributed by atoms with Crippen LogP contribution in [0.1, 0.15) is 40.6 Å². The molecule has 1 saturated heterocycles. The molecular formula is C25H23N3O3. The molecule has 6 heteroatoms. The van der Waals surface area contributed by atoms with E-state index in [2.05, 4.69) is 9.97 Å². The summed E-state index contributed by atoms with van der Waals surface area (Å²) in [5, 5.41) is 0. The minimum atomic E-state index is -0.368. The lowest BCUT2D eigenvalue weighted by molar-refractivity contribution is 0.0697. The molecule has 1 aliphatic heterocycles. The quantitative estimate of drug-likeness (QED) is 0.536. The van der Waals surface area contributed by atoms with E-state index in [1.165, 1.54) is 0 Å². The van der Waals surface area contributed by atoms with E-state index in [0.717, 1.165) is 35.1 Å². The third-order valence-corrected chi connectivity index (χ3v) is 5.84. The van der Waals surface area contributed by atoms with Crippen LogP contribution in [0.3, 0.4) is 0 Å². The number of oxazole rings is 1. The summed E-state index contributed by atoms with van der Waals surface area (Å²) in [6.07, 6.45) is 1.74. The van der Waals surface area contributed by atoms with E-state index in [1.807, 2.05) is 55.5 Å². The molecule has 1 unspecified atom stereocenters. The first kappa shape index (κ1) is 19.3. The monoisotopic (exact) mass is 413 g/mol. The number of piperidine rings is 1. The fourth-order valence-corrected chi connectivity index (χ4v) is 4.22. The van der Waals surface area contributed by atoms with E-state index in [9.17, 15) is 9.59 Å². The number of H-pyrrole nitrogens is 1. The Morgan fingerprint density at radius 3 is 2.81 bits per heavy atom. The number of hydrogen-bond acceptors (Lipinski definition) is 4. The molecule has 1 atom stereocenters. The van der Waals surface area contributed by atoms with Gasteiger partial charge in [0.05, 0.1) is 5.92 Å². The number of pyridine rings is 1. The molecule has 156 valence electrons. The number of fused-ring (bicyclic) bond motifs is 1. The second kappa shape index (κ2) is 7.87. The Morgan fingerprint density at radius 1 is 1.13 bits per heavy atom. The third kappa shape index (κ3) is 3.77. The van der Waals surface area contributed by atoms with Gasteiger partial charge < -0.3 is 14.3 Å². The molecule has 1 aliphatic rings. The SMILES string of the molecule is Cc1cccc(-c2ccc(C(=O)N3CCCC(c4nc5ccccc5o4)C3)c(=O)[nH]2)c1. The van der Waals surface area contributed by atoms with Gasteiger partial charge in [0.15, 0.2) is 11.5 Å². The summed E-state index contributed by atoms with van der Waals surface area (Å²) in [5.74, 6) is 0.427. The number of nitrogens with zero attached hydrogens (tertiary/aromatic N) is 2. The number of rotatable bonds is 3. The lowest BCUT2D eigenvalue weighted by atomic mass is 9.97. The molecule has 0 aliphatic carbocycles. The Hall–Kier alpha value is -3.67. The number of likely N-dealkylation sites (tertiary alicyclic amines) is 1.